The van der Waals surface area contributed by atoms with Gasteiger partial charge in [-0.1, -0.05) is 72.8 Å². The second-order valence-electron chi connectivity index (χ2n) is 6.87. The number of nitrogens with zero attached hydrogens (tertiary/aromatic N) is 1. The normalized spacial score (nSPS) is 12.7. The summed E-state index contributed by atoms with van der Waals surface area (Å²) in [5.74, 6) is -0.664. The summed E-state index contributed by atoms with van der Waals surface area (Å²) in [7, 11) is -4.99. The predicted molar refractivity (Wildman–Crippen MR) is 112 cm³/mol. The number of aromatic nitrogens is 1. The molecule has 1 unspecified atom stereocenters. The minimum atomic E-state index is -4.99. The summed E-state index contributed by atoms with van der Waals surface area (Å²) in [6.07, 6.45) is 0. The number of hydrogen-bond donors (Lipinski definition) is 1. The number of benzene rings is 3. The number of rotatable bonds is 6. The molecule has 0 saturated carbocycles. The summed E-state index contributed by atoms with van der Waals surface area (Å²) in [6.45, 7) is -0.399. The van der Waals surface area contributed by atoms with Gasteiger partial charge in [0, 0.05) is 10.3 Å². The Morgan fingerprint density at radius 2 is 1.57 bits per heavy atom. The number of halogens is 1. The van der Waals surface area contributed by atoms with Gasteiger partial charge in [0.05, 0.1) is 17.1 Å². The molecule has 152 valence electrons. The third kappa shape index (κ3) is 3.69. The lowest BCUT2D eigenvalue weighted by Gasteiger charge is -2.16. The molecular formula is C22H17FN2O4S. The number of hydrogen-bond acceptors (Lipinski definition) is 4. The smallest absolute Gasteiger partial charge is 0.334 e. The first-order chi connectivity index (χ1) is 14.4. The number of para-hydroxylation sites is 1. The Morgan fingerprint density at radius 3 is 2.17 bits per heavy atom. The molecule has 0 saturated heterocycles. The Labute approximate surface area is 172 Å². The minimum Gasteiger partial charge on any atom is -0.353 e. The van der Waals surface area contributed by atoms with Crippen LogP contribution in [-0.4, -0.2) is 24.9 Å². The maximum Gasteiger partial charge on any atom is 0.334 e. The van der Waals surface area contributed by atoms with E-state index in [0.717, 1.165) is 5.56 Å². The molecule has 4 rings (SSSR count). The third-order valence-corrected chi connectivity index (χ3v) is 5.91. The van der Waals surface area contributed by atoms with Crippen LogP contribution in [0.5, 0.6) is 0 Å². The summed E-state index contributed by atoms with van der Waals surface area (Å²) in [5, 5.41) is 12.0. The van der Waals surface area contributed by atoms with Gasteiger partial charge in [-0.15, -0.1) is 3.89 Å². The van der Waals surface area contributed by atoms with Crippen molar-refractivity contribution in [2.45, 2.75) is 10.8 Å². The van der Waals surface area contributed by atoms with E-state index < -0.39 is 32.5 Å². The van der Waals surface area contributed by atoms with Crippen molar-refractivity contribution >= 4 is 21.1 Å². The molecule has 0 spiro atoms. The first-order valence-corrected chi connectivity index (χ1v) is 10.6. The van der Waals surface area contributed by atoms with Crippen LogP contribution in [0.25, 0.3) is 22.2 Å². The van der Waals surface area contributed by atoms with Crippen LogP contribution in [0, 0.1) is 10.1 Å². The van der Waals surface area contributed by atoms with E-state index >= 15 is 0 Å². The Bertz CT molecular complexity index is 1320. The standard InChI is InChI=1S/C22H17FN2O4S/c23-30(28,29)19-13-7-12-17-20(18(14-25(26)27)15-8-3-1-4-9-15)21(24-22(17)19)16-10-5-2-6-11-16/h1-13,18,24H,14H2. The lowest BCUT2D eigenvalue weighted by Crippen LogP contribution is -2.14. The molecule has 1 N–H and O–H groups in total. The highest BCUT2D eigenvalue weighted by Crippen LogP contribution is 2.40. The van der Waals surface area contributed by atoms with Crippen LogP contribution in [0.3, 0.4) is 0 Å². The average molecular weight is 424 g/mol. The van der Waals surface area contributed by atoms with Gasteiger partial charge < -0.3 is 4.98 Å². The Balaban J connectivity index is 2.09. The molecule has 0 aliphatic heterocycles. The van der Waals surface area contributed by atoms with Gasteiger partial charge in [-0.05, 0) is 22.8 Å². The minimum absolute atomic E-state index is 0.0955. The molecule has 4 aromatic rings. The molecule has 0 bridgehead atoms. The average Bonchev–Trinajstić information content (AvgIpc) is 3.12. The van der Waals surface area contributed by atoms with E-state index in [1.165, 1.54) is 12.1 Å². The van der Waals surface area contributed by atoms with Crippen LogP contribution < -0.4 is 0 Å². The van der Waals surface area contributed by atoms with Crippen LogP contribution in [0.2, 0.25) is 0 Å². The van der Waals surface area contributed by atoms with E-state index in [1.54, 1.807) is 30.3 Å². The quantitative estimate of drug-likeness (QED) is 0.271. The van der Waals surface area contributed by atoms with Gasteiger partial charge in [0.15, 0.2) is 0 Å². The molecule has 0 aliphatic rings. The van der Waals surface area contributed by atoms with E-state index in [1.807, 2.05) is 36.4 Å². The van der Waals surface area contributed by atoms with Crippen molar-refractivity contribution in [3.8, 4) is 11.3 Å². The second kappa shape index (κ2) is 7.72. The van der Waals surface area contributed by atoms with Gasteiger partial charge >= 0.3 is 10.2 Å². The molecule has 3 aromatic carbocycles. The summed E-state index contributed by atoms with van der Waals surface area (Å²) in [5.41, 5.74) is 2.61. The Hall–Kier alpha value is -3.52. The maximum absolute atomic E-state index is 14.0. The topological polar surface area (TPSA) is 93.1 Å². The molecule has 0 aliphatic carbocycles. The van der Waals surface area contributed by atoms with E-state index in [-0.39, 0.29) is 5.52 Å². The summed E-state index contributed by atoms with van der Waals surface area (Å²) >= 11 is 0. The van der Waals surface area contributed by atoms with Crippen molar-refractivity contribution in [1.29, 1.82) is 0 Å². The van der Waals surface area contributed by atoms with E-state index in [0.29, 0.717) is 22.2 Å². The van der Waals surface area contributed by atoms with E-state index in [2.05, 4.69) is 4.98 Å². The van der Waals surface area contributed by atoms with Crippen molar-refractivity contribution in [3.63, 3.8) is 0 Å². The summed E-state index contributed by atoms with van der Waals surface area (Å²) in [6, 6.07) is 22.3. The molecular weight excluding hydrogens is 407 g/mol. The number of fused-ring (bicyclic) bond motifs is 1. The van der Waals surface area contributed by atoms with Gasteiger partial charge in [0.25, 0.3) is 0 Å². The summed E-state index contributed by atoms with van der Waals surface area (Å²) in [4.78, 5) is 13.7. The molecule has 0 amide bonds. The molecule has 1 atom stereocenters. The lowest BCUT2D eigenvalue weighted by atomic mass is 9.87. The molecule has 6 nitrogen and oxygen atoms in total. The zero-order chi connectivity index (χ0) is 21.3. The SMILES string of the molecule is O=[N+]([O-])CC(c1ccccc1)c1c(-c2ccccc2)[nH]c2c(S(=O)(=O)F)cccc12. The Morgan fingerprint density at radius 1 is 0.933 bits per heavy atom. The van der Waals surface area contributed by atoms with Crippen molar-refractivity contribution < 1.29 is 17.2 Å². The fourth-order valence-corrected chi connectivity index (χ4v) is 4.45. The van der Waals surface area contributed by atoms with Crippen LogP contribution >= 0.6 is 0 Å². The number of nitro groups is 1. The first kappa shape index (κ1) is 19.8. The third-order valence-electron chi connectivity index (χ3n) is 5.04. The molecule has 30 heavy (non-hydrogen) atoms. The Kier molecular flexibility index (Phi) is 5.09. The summed E-state index contributed by atoms with van der Waals surface area (Å²) < 4.78 is 37.4. The maximum atomic E-state index is 14.0. The van der Waals surface area contributed by atoms with Crippen molar-refractivity contribution in [2.75, 3.05) is 6.54 Å². The van der Waals surface area contributed by atoms with E-state index in [4.69, 9.17) is 0 Å². The monoisotopic (exact) mass is 424 g/mol. The fourth-order valence-electron chi connectivity index (χ4n) is 3.81. The van der Waals surface area contributed by atoms with Crippen molar-refractivity contribution in [2.24, 2.45) is 0 Å². The van der Waals surface area contributed by atoms with Gasteiger partial charge in [-0.2, -0.15) is 8.42 Å². The molecule has 0 radical (unpaired) electrons. The zero-order valence-corrected chi connectivity index (χ0v) is 16.5. The molecule has 1 aromatic heterocycles. The highest BCUT2D eigenvalue weighted by atomic mass is 32.3. The number of H-pyrrole nitrogens is 1. The number of aromatic amines is 1. The van der Waals surface area contributed by atoms with Gasteiger partial charge in [-0.3, -0.25) is 10.1 Å². The molecule has 8 heteroatoms. The van der Waals surface area contributed by atoms with Gasteiger partial charge in [0.2, 0.25) is 6.54 Å². The fraction of sp³-hybridized carbons (Fsp3) is 0.0909. The zero-order valence-electron chi connectivity index (χ0n) is 15.7. The molecule has 0 fully saturated rings. The van der Waals surface area contributed by atoms with Crippen molar-refractivity contribution in [3.05, 3.63) is 100 Å². The highest BCUT2D eigenvalue weighted by Gasteiger charge is 2.29. The van der Waals surface area contributed by atoms with Gasteiger partial charge in [-0.25, -0.2) is 0 Å². The second-order valence-corrected chi connectivity index (χ2v) is 8.19. The van der Waals surface area contributed by atoms with Crippen molar-refractivity contribution in [1.82, 2.24) is 4.98 Å². The van der Waals surface area contributed by atoms with Crippen LogP contribution in [-0.2, 0) is 10.2 Å². The molecule has 1 heterocycles. The highest BCUT2D eigenvalue weighted by molar-refractivity contribution is 7.86. The lowest BCUT2D eigenvalue weighted by molar-refractivity contribution is -0.481. The predicted octanol–water partition coefficient (Wildman–Crippen LogP) is 4.90. The van der Waals surface area contributed by atoms with E-state index in [9.17, 15) is 22.4 Å². The first-order valence-electron chi connectivity index (χ1n) is 9.17. The van der Waals surface area contributed by atoms with Gasteiger partial charge in [0.1, 0.15) is 4.90 Å². The largest absolute Gasteiger partial charge is 0.353 e. The van der Waals surface area contributed by atoms with Crippen LogP contribution in [0.4, 0.5) is 3.89 Å². The van der Waals surface area contributed by atoms with Crippen LogP contribution in [0.1, 0.15) is 17.0 Å². The van der Waals surface area contributed by atoms with Crippen LogP contribution in [0.15, 0.2) is 83.8 Å². The number of nitrogens with one attached hydrogen (secondary N) is 1.